The third kappa shape index (κ3) is 5.32. The Morgan fingerprint density at radius 2 is 0.720 bits per heavy atom. The van der Waals surface area contributed by atoms with E-state index in [9.17, 15) is 0 Å². The van der Waals surface area contributed by atoms with Gasteiger partial charge in [-0.25, -0.2) is 0 Å². The molecule has 0 unspecified atom stereocenters. The maximum atomic E-state index is 5.79. The number of rotatable bonds is 9. The molecule has 0 saturated carbocycles. The van der Waals surface area contributed by atoms with Crippen molar-refractivity contribution in [2.45, 2.75) is 0 Å². The Morgan fingerprint density at radius 3 is 0.840 bits per heavy atom. The molecule has 0 aromatic carbocycles. The predicted molar refractivity (Wildman–Crippen MR) is 115 cm³/mol. The summed E-state index contributed by atoms with van der Waals surface area (Å²) >= 11 is 0. The Balaban J connectivity index is 6.67. The molecule has 0 aliphatic heterocycles. The fourth-order valence-electron chi connectivity index (χ4n) is 2.92. The summed E-state index contributed by atoms with van der Waals surface area (Å²) in [4.78, 5) is 0. The van der Waals surface area contributed by atoms with Gasteiger partial charge in [0.2, 0.25) is 0 Å². The molecule has 152 valence electrons. The van der Waals surface area contributed by atoms with Gasteiger partial charge in [0.05, 0.1) is 0 Å². The summed E-state index contributed by atoms with van der Waals surface area (Å²) in [6.45, 7) is 0. The van der Waals surface area contributed by atoms with Crippen LogP contribution in [0.15, 0.2) is 9.03 Å². The van der Waals surface area contributed by atoms with Gasteiger partial charge >= 0.3 is 0 Å². The maximum Gasteiger partial charge on any atom is 0.292 e. The third-order valence-electron chi connectivity index (χ3n) is 3.78. The highest BCUT2D eigenvalue weighted by Crippen LogP contribution is 2.67. The van der Waals surface area contributed by atoms with Gasteiger partial charge in [0.25, 0.3) is 8.45 Å². The van der Waals surface area contributed by atoms with E-state index in [1.807, 2.05) is 0 Å². The van der Waals surface area contributed by atoms with Gasteiger partial charge in [0.15, 0.2) is 15.0 Å². The van der Waals surface area contributed by atoms with Crippen LogP contribution < -0.4 is 0 Å². The molecule has 0 aromatic rings. The van der Waals surface area contributed by atoms with Crippen molar-refractivity contribution in [1.82, 2.24) is 28.0 Å². The molecule has 0 amide bonds. The quantitative estimate of drug-likeness (QED) is 0.536. The fourth-order valence-corrected chi connectivity index (χ4v) is 13.7. The van der Waals surface area contributed by atoms with Gasteiger partial charge in [-0.3, -0.25) is 28.0 Å². The van der Waals surface area contributed by atoms with Crippen LogP contribution in [-0.4, -0.2) is 120 Å². The molecular formula is C13H39N8OP3. The van der Waals surface area contributed by atoms with Crippen LogP contribution in [0.2, 0.25) is 0 Å². The van der Waals surface area contributed by atoms with Gasteiger partial charge in [0, 0.05) is 7.11 Å². The second kappa shape index (κ2) is 10.2. The van der Waals surface area contributed by atoms with E-state index in [4.69, 9.17) is 13.6 Å². The van der Waals surface area contributed by atoms with Gasteiger partial charge < -0.3 is 4.52 Å². The van der Waals surface area contributed by atoms with Crippen LogP contribution in [0.25, 0.3) is 0 Å². The minimum absolute atomic E-state index is 1.33. The molecule has 0 rings (SSSR count). The van der Waals surface area contributed by atoms with Crippen molar-refractivity contribution >= 4 is 23.5 Å². The largest absolute Gasteiger partial charge is 0.324 e. The summed E-state index contributed by atoms with van der Waals surface area (Å²) in [5, 5.41) is 0. The Hall–Kier alpha value is 0.610. The molecule has 0 radical (unpaired) electrons. The molecule has 12 heteroatoms. The second-order valence-electron chi connectivity index (χ2n) is 6.77. The van der Waals surface area contributed by atoms with Crippen molar-refractivity contribution in [2.75, 3.05) is 91.7 Å². The number of nitrogens with zero attached hydrogens (tertiary/aromatic N) is 8. The van der Waals surface area contributed by atoms with E-state index in [1.165, 1.54) is 0 Å². The second-order valence-corrected chi connectivity index (χ2v) is 16.0. The third-order valence-corrected chi connectivity index (χ3v) is 13.7. The normalized spacial score (nSPS) is 14.1. The van der Waals surface area contributed by atoms with E-state index in [2.05, 4.69) is 113 Å². The van der Waals surface area contributed by atoms with Crippen molar-refractivity contribution in [1.29, 1.82) is 0 Å². The van der Waals surface area contributed by atoms with Gasteiger partial charge in [-0.2, -0.15) is 9.03 Å². The van der Waals surface area contributed by atoms with Crippen LogP contribution >= 0.6 is 23.5 Å². The van der Waals surface area contributed by atoms with E-state index < -0.39 is 23.5 Å². The minimum Gasteiger partial charge on any atom is -0.324 e. The molecule has 0 aliphatic carbocycles. The summed E-state index contributed by atoms with van der Waals surface area (Å²) in [5.41, 5.74) is 0. The van der Waals surface area contributed by atoms with Gasteiger partial charge in [0.1, 0.15) is 0 Å². The zero-order valence-electron chi connectivity index (χ0n) is 18.3. The lowest BCUT2D eigenvalue weighted by atomic mass is 11.2. The van der Waals surface area contributed by atoms with Crippen LogP contribution in [0.1, 0.15) is 0 Å². The molecule has 0 N–H and O–H groups in total. The molecule has 0 heterocycles. The monoisotopic (exact) mass is 416 g/mol. The van der Waals surface area contributed by atoms with Gasteiger partial charge in [-0.1, -0.05) is 0 Å². The summed E-state index contributed by atoms with van der Waals surface area (Å²) in [6, 6.07) is 0. The molecule has 9 nitrogen and oxygen atoms in total. The summed E-state index contributed by atoms with van der Waals surface area (Å²) < 4.78 is 29.2. The Labute approximate surface area is 157 Å². The first-order valence-electron chi connectivity index (χ1n) is 7.96. The Kier molecular flexibility index (Phi) is 10.5. The number of hydrogen-bond acceptors (Lipinski definition) is 3. The van der Waals surface area contributed by atoms with Crippen molar-refractivity contribution in [3.05, 3.63) is 0 Å². The predicted octanol–water partition coefficient (Wildman–Crippen LogP) is 3.12. The average Bonchev–Trinajstić information content (AvgIpc) is 2.45. The van der Waals surface area contributed by atoms with E-state index in [0.29, 0.717) is 0 Å². The molecule has 25 heavy (non-hydrogen) atoms. The lowest BCUT2D eigenvalue weighted by Gasteiger charge is -2.43. The molecule has 0 fully saturated rings. The van der Waals surface area contributed by atoms with Crippen molar-refractivity contribution in [3.8, 4) is 0 Å². The first-order chi connectivity index (χ1) is 11.3. The van der Waals surface area contributed by atoms with Crippen LogP contribution in [-0.2, 0) is 4.52 Å². The summed E-state index contributed by atoms with van der Waals surface area (Å²) in [6.07, 6.45) is 0. The molecule has 0 atom stereocenters. The first-order valence-corrected chi connectivity index (χ1v) is 12.3. The van der Waals surface area contributed by atoms with Gasteiger partial charge in [-0.15, -0.1) is 0 Å². The SMILES string of the molecule is COP(N=P(N(C)C)(N(C)C)N(C)C)N=P(N(C)C)(N(C)C)N(C)C. The van der Waals surface area contributed by atoms with E-state index >= 15 is 0 Å². The summed E-state index contributed by atoms with van der Waals surface area (Å²) in [5.74, 6) is 0. The van der Waals surface area contributed by atoms with Crippen LogP contribution in [0, 0.1) is 0 Å². The maximum absolute atomic E-state index is 5.79. The molecule has 0 bridgehead atoms. The molecule has 0 saturated heterocycles. The standard InChI is InChI=1S/C13H39N8OP3/c1-16(2)24(17(3)4,18(5)6)14-23(22-13)15-25(19(7)8,20(9)10)21(11)12/h1-13H3. The fraction of sp³-hybridized carbons (Fsp3) is 1.00. The molecule has 0 spiro atoms. The van der Waals surface area contributed by atoms with Crippen molar-refractivity contribution in [3.63, 3.8) is 0 Å². The highest BCUT2D eigenvalue weighted by atomic mass is 31.2. The Bertz CT molecular complexity index is 418. The smallest absolute Gasteiger partial charge is 0.292 e. The van der Waals surface area contributed by atoms with Crippen molar-refractivity contribution < 1.29 is 4.52 Å². The highest BCUT2D eigenvalue weighted by Gasteiger charge is 2.34. The topological polar surface area (TPSA) is 53.4 Å². The van der Waals surface area contributed by atoms with Gasteiger partial charge in [-0.05, 0) is 84.6 Å². The van der Waals surface area contributed by atoms with Crippen molar-refractivity contribution in [2.24, 2.45) is 9.03 Å². The van der Waals surface area contributed by atoms with E-state index in [-0.39, 0.29) is 0 Å². The average molecular weight is 416 g/mol. The van der Waals surface area contributed by atoms with E-state index in [1.54, 1.807) is 7.11 Å². The Morgan fingerprint density at radius 1 is 0.520 bits per heavy atom. The van der Waals surface area contributed by atoms with Crippen LogP contribution in [0.3, 0.4) is 0 Å². The highest BCUT2D eigenvalue weighted by molar-refractivity contribution is 7.71. The number of hydrogen-bond donors (Lipinski definition) is 0. The molecule has 0 aliphatic rings. The zero-order chi connectivity index (χ0) is 20.2. The summed E-state index contributed by atoms with van der Waals surface area (Å²) in [7, 11) is 21.0. The first kappa shape index (κ1) is 25.6. The van der Waals surface area contributed by atoms with Crippen LogP contribution in [0.5, 0.6) is 0 Å². The minimum atomic E-state index is -2.06. The molecular weight excluding hydrogens is 377 g/mol. The lowest BCUT2D eigenvalue weighted by Crippen LogP contribution is -2.31. The molecule has 0 aromatic heterocycles. The van der Waals surface area contributed by atoms with E-state index in [0.717, 1.165) is 0 Å². The van der Waals surface area contributed by atoms with Crippen LogP contribution in [0.4, 0.5) is 0 Å². The zero-order valence-corrected chi connectivity index (χ0v) is 21.0. The lowest BCUT2D eigenvalue weighted by molar-refractivity contribution is 0.449.